The number of rotatable bonds is 5. The van der Waals surface area contributed by atoms with Crippen molar-refractivity contribution in [3.8, 4) is 0 Å². The van der Waals surface area contributed by atoms with E-state index < -0.39 is 32.8 Å². The largest absolute Gasteiger partial charge is 0.468 e. The number of esters is 1. The van der Waals surface area contributed by atoms with E-state index in [2.05, 4.69) is 14.4 Å². The van der Waals surface area contributed by atoms with Crippen LogP contribution >= 0.6 is 0 Å². The van der Waals surface area contributed by atoms with Crippen molar-refractivity contribution in [2.75, 3.05) is 7.11 Å². The van der Waals surface area contributed by atoms with E-state index in [1.54, 1.807) is 0 Å². The SMILES string of the molecule is COC(=O)[C@@H](C)NS(=O)(=O)c1ccc([N+](=O)[O-])nc1. The van der Waals surface area contributed by atoms with Gasteiger partial charge >= 0.3 is 11.8 Å². The molecule has 0 spiro atoms. The van der Waals surface area contributed by atoms with Gasteiger partial charge in [0.15, 0.2) is 6.20 Å². The lowest BCUT2D eigenvalue weighted by Crippen LogP contribution is -2.39. The maximum atomic E-state index is 11.8. The maximum absolute atomic E-state index is 11.8. The number of sulfonamides is 1. The third kappa shape index (κ3) is 3.69. The molecule has 1 rings (SSSR count). The molecule has 19 heavy (non-hydrogen) atoms. The van der Waals surface area contributed by atoms with Gasteiger partial charge < -0.3 is 14.9 Å². The lowest BCUT2D eigenvalue weighted by Gasteiger charge is -2.11. The first-order valence-electron chi connectivity index (χ1n) is 4.98. The van der Waals surface area contributed by atoms with Gasteiger partial charge in [0.25, 0.3) is 0 Å². The molecule has 9 nitrogen and oxygen atoms in total. The lowest BCUT2D eigenvalue weighted by atomic mass is 10.4. The van der Waals surface area contributed by atoms with Crippen LogP contribution in [0.1, 0.15) is 6.92 Å². The summed E-state index contributed by atoms with van der Waals surface area (Å²) in [5, 5.41) is 10.4. The summed E-state index contributed by atoms with van der Waals surface area (Å²) >= 11 is 0. The van der Waals surface area contributed by atoms with Gasteiger partial charge in [0.1, 0.15) is 10.9 Å². The van der Waals surface area contributed by atoms with E-state index in [9.17, 15) is 23.3 Å². The number of ether oxygens (including phenoxy) is 1. The van der Waals surface area contributed by atoms with Crippen LogP contribution in [0.15, 0.2) is 23.2 Å². The number of hydrogen-bond acceptors (Lipinski definition) is 7. The van der Waals surface area contributed by atoms with Crippen LogP contribution in [0.2, 0.25) is 0 Å². The van der Waals surface area contributed by atoms with Gasteiger partial charge in [0.2, 0.25) is 10.0 Å². The second-order valence-electron chi connectivity index (χ2n) is 3.48. The smallest absolute Gasteiger partial charge is 0.363 e. The first kappa shape index (κ1) is 15.0. The Labute approximate surface area is 108 Å². The molecule has 0 aliphatic heterocycles. The molecular weight excluding hydrogens is 278 g/mol. The molecule has 0 amide bonds. The van der Waals surface area contributed by atoms with Crippen LogP contribution in [0.3, 0.4) is 0 Å². The zero-order valence-electron chi connectivity index (χ0n) is 10.1. The molecule has 1 atom stereocenters. The van der Waals surface area contributed by atoms with E-state index in [1.165, 1.54) is 6.92 Å². The van der Waals surface area contributed by atoms with Gasteiger partial charge in [0.05, 0.1) is 7.11 Å². The molecular formula is C9H11N3O6S. The number of nitrogens with zero attached hydrogens (tertiary/aromatic N) is 2. The Bertz CT molecular complexity index is 582. The molecule has 1 aromatic rings. The highest BCUT2D eigenvalue weighted by atomic mass is 32.2. The molecule has 0 unspecified atom stereocenters. The Hall–Kier alpha value is -2.07. The Morgan fingerprint density at radius 1 is 1.53 bits per heavy atom. The second-order valence-corrected chi connectivity index (χ2v) is 5.19. The molecule has 104 valence electrons. The van der Waals surface area contributed by atoms with Gasteiger partial charge in [-0.2, -0.15) is 4.72 Å². The Kier molecular flexibility index (Phi) is 4.51. The molecule has 0 fully saturated rings. The summed E-state index contributed by atoms with van der Waals surface area (Å²) in [5.74, 6) is -1.22. The highest BCUT2D eigenvalue weighted by molar-refractivity contribution is 7.89. The number of hydrogen-bond donors (Lipinski definition) is 1. The van der Waals surface area contributed by atoms with Crippen LogP contribution in [0, 0.1) is 10.1 Å². The fraction of sp³-hybridized carbons (Fsp3) is 0.333. The number of pyridine rings is 1. The van der Waals surface area contributed by atoms with Crippen molar-refractivity contribution in [2.24, 2.45) is 0 Å². The van der Waals surface area contributed by atoms with E-state index in [4.69, 9.17) is 0 Å². The van der Waals surface area contributed by atoms with Gasteiger partial charge in [-0.15, -0.1) is 0 Å². The third-order valence-corrected chi connectivity index (χ3v) is 3.63. The normalized spacial score (nSPS) is 12.7. The Balaban J connectivity index is 2.94. The molecule has 0 bridgehead atoms. The van der Waals surface area contributed by atoms with Gasteiger partial charge in [-0.3, -0.25) is 4.79 Å². The van der Waals surface area contributed by atoms with Gasteiger partial charge in [-0.1, -0.05) is 0 Å². The average molecular weight is 289 g/mol. The van der Waals surface area contributed by atoms with Crippen LogP contribution in [0.4, 0.5) is 5.82 Å². The molecule has 0 saturated heterocycles. The molecule has 1 aromatic heterocycles. The Morgan fingerprint density at radius 2 is 2.16 bits per heavy atom. The van der Waals surface area contributed by atoms with Crippen molar-refractivity contribution in [2.45, 2.75) is 17.9 Å². The van der Waals surface area contributed by atoms with Crippen LogP contribution in [-0.2, 0) is 19.6 Å². The number of methoxy groups -OCH3 is 1. The standard InChI is InChI=1S/C9H11N3O6S/c1-6(9(13)18-2)11-19(16,17)7-3-4-8(10-5-7)12(14)15/h3-6,11H,1-2H3/t6-/m1/s1. The minimum atomic E-state index is -3.99. The van der Waals surface area contributed by atoms with E-state index in [-0.39, 0.29) is 4.90 Å². The molecule has 10 heteroatoms. The summed E-state index contributed by atoms with van der Waals surface area (Å²) in [6.45, 7) is 1.31. The minimum absolute atomic E-state index is 0.283. The molecule has 1 heterocycles. The molecule has 0 radical (unpaired) electrons. The van der Waals surface area contributed by atoms with Gasteiger partial charge in [-0.25, -0.2) is 8.42 Å². The minimum Gasteiger partial charge on any atom is -0.468 e. The maximum Gasteiger partial charge on any atom is 0.363 e. The van der Waals surface area contributed by atoms with Crippen LogP contribution in [-0.4, -0.2) is 37.4 Å². The zero-order chi connectivity index (χ0) is 14.6. The summed E-state index contributed by atoms with van der Waals surface area (Å²) in [5.41, 5.74) is 0. The van der Waals surface area contributed by atoms with Crippen LogP contribution in [0.5, 0.6) is 0 Å². The molecule has 0 aliphatic rings. The number of nitro groups is 1. The van der Waals surface area contributed by atoms with E-state index in [1.807, 2.05) is 0 Å². The average Bonchev–Trinajstić information content (AvgIpc) is 2.37. The second kappa shape index (κ2) is 5.71. The number of carbonyl (C=O) groups excluding carboxylic acids is 1. The third-order valence-electron chi connectivity index (χ3n) is 2.10. The Morgan fingerprint density at radius 3 is 2.58 bits per heavy atom. The molecule has 0 saturated carbocycles. The van der Waals surface area contributed by atoms with Gasteiger partial charge in [0, 0.05) is 6.07 Å². The van der Waals surface area contributed by atoms with E-state index in [0.29, 0.717) is 0 Å². The number of nitrogens with one attached hydrogen (secondary N) is 1. The van der Waals surface area contributed by atoms with Crippen molar-refractivity contribution < 1.29 is 22.9 Å². The van der Waals surface area contributed by atoms with Crippen molar-refractivity contribution in [1.82, 2.24) is 9.71 Å². The predicted molar refractivity (Wildman–Crippen MR) is 62.7 cm³/mol. The number of carbonyl (C=O) groups is 1. The highest BCUT2D eigenvalue weighted by Crippen LogP contribution is 2.12. The molecule has 0 aliphatic carbocycles. The fourth-order valence-corrected chi connectivity index (χ4v) is 2.30. The first-order chi connectivity index (χ1) is 8.77. The lowest BCUT2D eigenvalue weighted by molar-refractivity contribution is -0.389. The fourth-order valence-electron chi connectivity index (χ4n) is 1.17. The highest BCUT2D eigenvalue weighted by Gasteiger charge is 2.24. The molecule has 1 N–H and O–H groups in total. The molecule has 0 aromatic carbocycles. The summed E-state index contributed by atoms with van der Waals surface area (Å²) in [6, 6.07) is 0.902. The van der Waals surface area contributed by atoms with Crippen molar-refractivity contribution >= 4 is 21.8 Å². The number of aromatic nitrogens is 1. The summed E-state index contributed by atoms with van der Waals surface area (Å²) in [6.07, 6.45) is 0.838. The van der Waals surface area contributed by atoms with Crippen LogP contribution < -0.4 is 4.72 Å². The van der Waals surface area contributed by atoms with Crippen molar-refractivity contribution in [3.63, 3.8) is 0 Å². The predicted octanol–water partition coefficient (Wildman–Crippen LogP) is -0.170. The topological polar surface area (TPSA) is 128 Å². The van der Waals surface area contributed by atoms with Crippen LogP contribution in [0.25, 0.3) is 0 Å². The summed E-state index contributed by atoms with van der Waals surface area (Å²) in [7, 11) is -2.87. The summed E-state index contributed by atoms with van der Waals surface area (Å²) < 4.78 is 30.1. The van der Waals surface area contributed by atoms with Crippen molar-refractivity contribution in [1.29, 1.82) is 0 Å². The first-order valence-corrected chi connectivity index (χ1v) is 6.47. The quantitative estimate of drug-likeness (QED) is 0.452. The zero-order valence-corrected chi connectivity index (χ0v) is 10.9. The van der Waals surface area contributed by atoms with E-state index in [0.717, 1.165) is 25.4 Å². The summed E-state index contributed by atoms with van der Waals surface area (Å²) in [4.78, 5) is 23.8. The van der Waals surface area contributed by atoms with Crippen molar-refractivity contribution in [3.05, 3.63) is 28.4 Å². The van der Waals surface area contributed by atoms with E-state index >= 15 is 0 Å². The van der Waals surface area contributed by atoms with Gasteiger partial charge in [-0.05, 0) is 22.9 Å². The monoisotopic (exact) mass is 289 g/mol.